The molecule has 4 aromatic rings. The fraction of sp³-hybridized carbons (Fsp3) is 0.182. The van der Waals surface area contributed by atoms with E-state index < -0.39 is 23.7 Å². The number of ether oxygens (including phenoxy) is 2. The van der Waals surface area contributed by atoms with Crippen LogP contribution in [0.2, 0.25) is 0 Å². The maximum atomic E-state index is 13.5. The number of aryl methyl sites for hydroxylation is 2. The Morgan fingerprint density at radius 2 is 1.65 bits per heavy atom. The van der Waals surface area contributed by atoms with Gasteiger partial charge in [0.25, 0.3) is 5.78 Å². The number of carbonyl (C=O) groups is 4. The number of aromatic nitrogens is 1. The number of thiazole rings is 1. The number of hydrogen-bond donors (Lipinski definition) is 1. The van der Waals surface area contributed by atoms with Gasteiger partial charge in [-0.2, -0.15) is 0 Å². The summed E-state index contributed by atoms with van der Waals surface area (Å²) in [5, 5.41) is 11.6. The molecular weight excluding hydrogens is 568 g/mol. The highest BCUT2D eigenvalue weighted by atomic mass is 32.1. The van der Waals surface area contributed by atoms with Crippen LogP contribution in [0.15, 0.2) is 78.4 Å². The van der Waals surface area contributed by atoms with Crippen molar-refractivity contribution in [1.82, 2.24) is 4.98 Å². The van der Waals surface area contributed by atoms with Gasteiger partial charge < -0.3 is 14.6 Å². The van der Waals surface area contributed by atoms with Crippen LogP contribution in [0.25, 0.3) is 5.76 Å². The van der Waals surface area contributed by atoms with Gasteiger partial charge in [-0.1, -0.05) is 53.3 Å². The van der Waals surface area contributed by atoms with Crippen molar-refractivity contribution in [3.8, 4) is 5.75 Å². The highest BCUT2D eigenvalue weighted by molar-refractivity contribution is 7.18. The van der Waals surface area contributed by atoms with Crippen molar-refractivity contribution in [3.63, 3.8) is 0 Å². The zero-order valence-electron chi connectivity index (χ0n) is 23.9. The number of ketones is 2. The number of anilines is 1. The van der Waals surface area contributed by atoms with E-state index in [2.05, 4.69) is 4.98 Å². The van der Waals surface area contributed by atoms with E-state index >= 15 is 0 Å². The molecule has 1 fully saturated rings. The number of carbonyl (C=O) groups excluding carboxylic acids is 4. The van der Waals surface area contributed by atoms with Gasteiger partial charge in [0.1, 0.15) is 18.1 Å². The Balaban J connectivity index is 1.54. The van der Waals surface area contributed by atoms with Crippen LogP contribution in [0.1, 0.15) is 60.9 Å². The van der Waals surface area contributed by atoms with Gasteiger partial charge in [0.05, 0.1) is 34.9 Å². The summed E-state index contributed by atoms with van der Waals surface area (Å²) in [4.78, 5) is 57.1. The number of methoxy groups -OCH3 is 1. The summed E-state index contributed by atoms with van der Waals surface area (Å²) in [5.41, 5.74) is 3.43. The van der Waals surface area contributed by atoms with E-state index in [1.165, 1.54) is 31.1 Å². The minimum Gasteiger partial charge on any atom is -0.507 e. The zero-order chi connectivity index (χ0) is 30.8. The molecule has 218 valence electrons. The molecule has 2 heterocycles. The molecule has 1 aliphatic rings. The highest BCUT2D eigenvalue weighted by Crippen LogP contribution is 2.44. The van der Waals surface area contributed by atoms with Gasteiger partial charge in [-0.15, -0.1) is 0 Å². The van der Waals surface area contributed by atoms with Crippen LogP contribution >= 0.6 is 11.3 Å². The lowest BCUT2D eigenvalue weighted by Crippen LogP contribution is -2.29. The lowest BCUT2D eigenvalue weighted by atomic mass is 9.94. The molecule has 1 atom stereocenters. The topological polar surface area (TPSA) is 123 Å². The first kappa shape index (κ1) is 29.4. The molecule has 9 nitrogen and oxygen atoms in total. The normalized spacial score (nSPS) is 15.9. The number of aliphatic hydroxyl groups is 1. The molecule has 0 radical (unpaired) electrons. The Bertz CT molecular complexity index is 1770. The van der Waals surface area contributed by atoms with Gasteiger partial charge in [-0.3, -0.25) is 19.3 Å². The monoisotopic (exact) mass is 596 g/mol. The minimum absolute atomic E-state index is 0.144. The lowest BCUT2D eigenvalue weighted by Gasteiger charge is -2.23. The molecule has 0 saturated carbocycles. The predicted octanol–water partition coefficient (Wildman–Crippen LogP) is 5.95. The Kier molecular flexibility index (Phi) is 8.22. The third-order valence-electron chi connectivity index (χ3n) is 7.02. The van der Waals surface area contributed by atoms with Crippen molar-refractivity contribution in [1.29, 1.82) is 0 Å². The minimum atomic E-state index is -1.07. The number of esters is 1. The molecule has 1 saturated heterocycles. The predicted molar refractivity (Wildman–Crippen MR) is 161 cm³/mol. The van der Waals surface area contributed by atoms with Crippen LogP contribution in [0.3, 0.4) is 0 Å². The molecule has 1 aromatic heterocycles. The van der Waals surface area contributed by atoms with Crippen molar-refractivity contribution < 1.29 is 33.8 Å². The van der Waals surface area contributed by atoms with Crippen molar-refractivity contribution in [2.45, 2.75) is 33.4 Å². The molecule has 1 aliphatic heterocycles. The van der Waals surface area contributed by atoms with E-state index in [0.717, 1.165) is 22.5 Å². The second kappa shape index (κ2) is 12.0. The van der Waals surface area contributed by atoms with E-state index in [-0.39, 0.29) is 27.8 Å². The van der Waals surface area contributed by atoms with Crippen LogP contribution in [0.4, 0.5) is 5.13 Å². The van der Waals surface area contributed by atoms with Gasteiger partial charge in [0, 0.05) is 12.5 Å². The molecule has 0 spiro atoms. The first-order chi connectivity index (χ1) is 20.6. The quantitative estimate of drug-likeness (QED) is 0.0870. The molecule has 0 bridgehead atoms. The third kappa shape index (κ3) is 5.82. The van der Waals surface area contributed by atoms with E-state index in [9.17, 15) is 24.3 Å². The number of Topliss-reactive ketones (excluding diaryl/α,β-unsaturated/α-hetero) is 2. The first-order valence-electron chi connectivity index (χ1n) is 13.4. The summed E-state index contributed by atoms with van der Waals surface area (Å²) in [5.74, 6) is -2.40. The van der Waals surface area contributed by atoms with Gasteiger partial charge in [-0.25, -0.2) is 9.78 Å². The number of rotatable bonds is 8. The van der Waals surface area contributed by atoms with Crippen molar-refractivity contribution in [3.05, 3.63) is 117 Å². The summed E-state index contributed by atoms with van der Waals surface area (Å²) in [7, 11) is 1.27. The molecule has 0 aliphatic carbocycles. The molecule has 43 heavy (non-hydrogen) atoms. The SMILES string of the molecule is COC(=O)c1ccc(C2C(=C(O)c3ccc(OCc4cccc(C)c4)cc3)C(=O)C(=O)N2c2nc(C)c(C(C)=O)s2)cc1. The summed E-state index contributed by atoms with van der Waals surface area (Å²) < 4.78 is 10.7. The van der Waals surface area contributed by atoms with E-state index in [1.54, 1.807) is 43.3 Å². The zero-order valence-corrected chi connectivity index (χ0v) is 24.7. The Labute approximate surface area is 252 Å². The van der Waals surface area contributed by atoms with Gasteiger partial charge in [0.2, 0.25) is 0 Å². The standard InChI is InChI=1S/C33H28N2O7S/c1-18-6-5-7-21(16-18)17-42-25-14-12-23(13-15-25)28(37)26-27(22-8-10-24(11-9-22)32(40)41-4)35(31(39)29(26)38)33-34-19(2)30(43-33)20(3)36/h5-16,27,37H,17H2,1-4H3. The number of benzene rings is 3. The van der Waals surface area contributed by atoms with Crippen LogP contribution in [-0.4, -0.2) is 40.6 Å². The largest absolute Gasteiger partial charge is 0.507 e. The molecule has 10 heteroatoms. The molecule has 5 rings (SSSR count). The van der Waals surface area contributed by atoms with Crippen molar-refractivity contribution >= 4 is 45.7 Å². The first-order valence-corrected chi connectivity index (χ1v) is 14.2. The Morgan fingerprint density at radius 3 is 2.26 bits per heavy atom. The maximum Gasteiger partial charge on any atom is 0.337 e. The summed E-state index contributed by atoms with van der Waals surface area (Å²) in [6, 6.07) is 19.6. The molecular formula is C33H28N2O7S. The number of nitrogens with zero attached hydrogens (tertiary/aromatic N) is 2. The van der Waals surface area contributed by atoms with Crippen molar-refractivity contribution in [2.75, 3.05) is 12.0 Å². The molecule has 1 unspecified atom stereocenters. The summed E-state index contributed by atoms with van der Waals surface area (Å²) in [6.07, 6.45) is 0. The lowest BCUT2D eigenvalue weighted by molar-refractivity contribution is -0.132. The van der Waals surface area contributed by atoms with Crippen LogP contribution in [0.5, 0.6) is 5.75 Å². The van der Waals surface area contributed by atoms with Gasteiger partial charge in [0.15, 0.2) is 10.9 Å². The molecule has 3 aromatic carbocycles. The van der Waals surface area contributed by atoms with E-state index in [1.807, 2.05) is 31.2 Å². The Hall–Kier alpha value is -5.09. The van der Waals surface area contributed by atoms with E-state index in [0.29, 0.717) is 34.1 Å². The van der Waals surface area contributed by atoms with Crippen LogP contribution in [0, 0.1) is 13.8 Å². The molecule has 1 N–H and O–H groups in total. The van der Waals surface area contributed by atoms with Crippen LogP contribution < -0.4 is 9.64 Å². The number of hydrogen-bond acceptors (Lipinski definition) is 9. The Morgan fingerprint density at radius 1 is 0.977 bits per heavy atom. The smallest absolute Gasteiger partial charge is 0.337 e. The molecule has 1 amide bonds. The second-order valence-corrected chi connectivity index (χ2v) is 11.0. The number of aliphatic hydroxyl groups excluding tert-OH is 1. The van der Waals surface area contributed by atoms with Gasteiger partial charge >= 0.3 is 11.9 Å². The fourth-order valence-corrected chi connectivity index (χ4v) is 5.90. The highest BCUT2D eigenvalue weighted by Gasteiger charge is 2.48. The average Bonchev–Trinajstić information content (AvgIpc) is 3.52. The van der Waals surface area contributed by atoms with Gasteiger partial charge in [-0.05, 0) is 61.4 Å². The maximum absolute atomic E-state index is 13.5. The second-order valence-electron chi connectivity index (χ2n) is 10.1. The average molecular weight is 597 g/mol. The van der Waals surface area contributed by atoms with Crippen molar-refractivity contribution in [2.24, 2.45) is 0 Å². The van der Waals surface area contributed by atoms with E-state index in [4.69, 9.17) is 9.47 Å². The summed E-state index contributed by atoms with van der Waals surface area (Å²) >= 11 is 0.994. The fourth-order valence-electron chi connectivity index (χ4n) is 4.91. The summed E-state index contributed by atoms with van der Waals surface area (Å²) in [6.45, 7) is 5.41. The number of amides is 1. The third-order valence-corrected chi connectivity index (χ3v) is 8.28. The van der Waals surface area contributed by atoms with Crippen LogP contribution in [-0.2, 0) is 20.9 Å².